The van der Waals surface area contributed by atoms with E-state index in [1.54, 1.807) is 26.1 Å². The van der Waals surface area contributed by atoms with Gasteiger partial charge in [-0.1, -0.05) is 41.4 Å². The second-order valence-electron chi connectivity index (χ2n) is 6.96. The number of hydrogen-bond donors (Lipinski definition) is 1. The first-order valence-corrected chi connectivity index (χ1v) is 9.57. The number of ether oxygens (including phenoxy) is 1. The predicted octanol–water partition coefficient (Wildman–Crippen LogP) is 3.81. The van der Waals surface area contributed by atoms with Crippen LogP contribution in [0.4, 0.5) is 0 Å². The molecule has 0 aliphatic carbocycles. The summed E-state index contributed by atoms with van der Waals surface area (Å²) >= 11 is 6.18. The molecule has 6 heteroatoms. The molecule has 0 aliphatic rings. The zero-order valence-electron chi connectivity index (χ0n) is 17.0. The highest BCUT2D eigenvalue weighted by Crippen LogP contribution is 2.26. The van der Waals surface area contributed by atoms with E-state index in [1.165, 1.54) is 4.90 Å². The van der Waals surface area contributed by atoms with Crippen LogP contribution in [-0.4, -0.2) is 36.4 Å². The molecule has 0 bridgehead atoms. The highest BCUT2D eigenvalue weighted by atomic mass is 35.5. The Kier molecular flexibility index (Phi) is 7.46. The van der Waals surface area contributed by atoms with Gasteiger partial charge in [-0.2, -0.15) is 0 Å². The SMILES string of the molecule is CNC(=O)[C@@H](C)N(Cc1ccc(C)cc1)C(=O)COc1cc(C)c(Cl)c(C)c1. The van der Waals surface area contributed by atoms with Gasteiger partial charge in [0.05, 0.1) is 0 Å². The van der Waals surface area contributed by atoms with Crippen molar-refractivity contribution in [3.8, 4) is 5.75 Å². The van der Waals surface area contributed by atoms with E-state index in [1.807, 2.05) is 45.0 Å². The Bertz CT molecular complexity index is 826. The van der Waals surface area contributed by atoms with Crippen LogP contribution in [0.1, 0.15) is 29.2 Å². The van der Waals surface area contributed by atoms with Crippen molar-refractivity contribution in [1.82, 2.24) is 10.2 Å². The van der Waals surface area contributed by atoms with Crippen molar-refractivity contribution in [1.29, 1.82) is 0 Å². The summed E-state index contributed by atoms with van der Waals surface area (Å²) < 4.78 is 5.70. The summed E-state index contributed by atoms with van der Waals surface area (Å²) in [5.74, 6) is 0.0937. The smallest absolute Gasteiger partial charge is 0.261 e. The average Bonchev–Trinajstić information content (AvgIpc) is 2.68. The standard InChI is InChI=1S/C22H27ClN2O3/c1-14-6-8-18(9-7-14)12-25(17(4)22(27)24-5)20(26)13-28-19-10-15(2)21(23)16(3)11-19/h6-11,17H,12-13H2,1-5H3,(H,24,27)/t17-/m1/s1. The van der Waals surface area contributed by atoms with E-state index in [4.69, 9.17) is 16.3 Å². The van der Waals surface area contributed by atoms with Crippen molar-refractivity contribution in [3.63, 3.8) is 0 Å². The molecule has 2 rings (SSSR count). The van der Waals surface area contributed by atoms with E-state index in [-0.39, 0.29) is 18.4 Å². The third-order valence-electron chi connectivity index (χ3n) is 4.66. The summed E-state index contributed by atoms with van der Waals surface area (Å²) in [6.45, 7) is 7.66. The van der Waals surface area contributed by atoms with Gasteiger partial charge >= 0.3 is 0 Å². The number of carbonyl (C=O) groups excluding carboxylic acids is 2. The number of nitrogens with one attached hydrogen (secondary N) is 1. The summed E-state index contributed by atoms with van der Waals surface area (Å²) in [5, 5.41) is 3.29. The minimum absolute atomic E-state index is 0.159. The van der Waals surface area contributed by atoms with Gasteiger partial charge in [0.15, 0.2) is 6.61 Å². The fraction of sp³-hybridized carbons (Fsp3) is 0.364. The van der Waals surface area contributed by atoms with E-state index < -0.39 is 6.04 Å². The van der Waals surface area contributed by atoms with E-state index in [2.05, 4.69) is 5.32 Å². The topological polar surface area (TPSA) is 58.6 Å². The van der Waals surface area contributed by atoms with Crippen LogP contribution in [0.5, 0.6) is 5.75 Å². The van der Waals surface area contributed by atoms with Crippen LogP contribution in [0.25, 0.3) is 0 Å². The Labute approximate surface area is 171 Å². The molecule has 0 heterocycles. The van der Waals surface area contributed by atoms with E-state index in [0.717, 1.165) is 22.3 Å². The van der Waals surface area contributed by atoms with Gasteiger partial charge in [0.1, 0.15) is 11.8 Å². The quantitative estimate of drug-likeness (QED) is 0.766. The molecule has 0 saturated carbocycles. The molecule has 0 spiro atoms. The number of carbonyl (C=O) groups is 2. The van der Waals surface area contributed by atoms with Crippen LogP contribution in [0.15, 0.2) is 36.4 Å². The van der Waals surface area contributed by atoms with E-state index in [0.29, 0.717) is 17.3 Å². The number of rotatable bonds is 7. The van der Waals surface area contributed by atoms with Crippen LogP contribution in [-0.2, 0) is 16.1 Å². The fourth-order valence-corrected chi connectivity index (χ4v) is 3.01. The van der Waals surface area contributed by atoms with Gasteiger partial charge in [-0.05, 0) is 56.5 Å². The summed E-state index contributed by atoms with van der Waals surface area (Å²) in [5.41, 5.74) is 3.87. The van der Waals surface area contributed by atoms with Crippen LogP contribution in [0.3, 0.4) is 0 Å². The van der Waals surface area contributed by atoms with Crippen molar-refractivity contribution < 1.29 is 14.3 Å². The first-order valence-electron chi connectivity index (χ1n) is 9.19. The minimum atomic E-state index is -0.615. The lowest BCUT2D eigenvalue weighted by molar-refractivity contribution is -0.142. The van der Waals surface area contributed by atoms with Gasteiger partial charge in [0.2, 0.25) is 5.91 Å². The molecule has 0 aromatic heterocycles. The van der Waals surface area contributed by atoms with Crippen LogP contribution in [0, 0.1) is 20.8 Å². The Morgan fingerprint density at radius 1 is 1.11 bits per heavy atom. The maximum atomic E-state index is 12.9. The number of likely N-dealkylation sites (N-methyl/N-ethyl adjacent to an activating group) is 1. The van der Waals surface area contributed by atoms with Crippen molar-refractivity contribution in [2.45, 2.75) is 40.3 Å². The van der Waals surface area contributed by atoms with Crippen molar-refractivity contribution in [2.24, 2.45) is 0 Å². The van der Waals surface area contributed by atoms with Crippen LogP contribution >= 0.6 is 11.6 Å². The zero-order chi connectivity index (χ0) is 20.8. The summed E-state index contributed by atoms with van der Waals surface area (Å²) in [6, 6.07) is 10.9. The number of aryl methyl sites for hydroxylation is 3. The third-order valence-corrected chi connectivity index (χ3v) is 5.26. The molecule has 28 heavy (non-hydrogen) atoms. The maximum Gasteiger partial charge on any atom is 0.261 e. The predicted molar refractivity (Wildman–Crippen MR) is 112 cm³/mol. The molecule has 0 unspecified atom stereocenters. The monoisotopic (exact) mass is 402 g/mol. The first-order chi connectivity index (χ1) is 13.2. The van der Waals surface area contributed by atoms with E-state index >= 15 is 0 Å². The first kappa shape index (κ1) is 21.8. The summed E-state index contributed by atoms with van der Waals surface area (Å²) in [4.78, 5) is 26.6. The van der Waals surface area contributed by atoms with Crippen LogP contribution < -0.4 is 10.1 Å². The molecule has 2 aromatic carbocycles. The van der Waals surface area contributed by atoms with E-state index in [9.17, 15) is 9.59 Å². The third kappa shape index (κ3) is 5.49. The van der Waals surface area contributed by atoms with Gasteiger partial charge in [0, 0.05) is 18.6 Å². The Morgan fingerprint density at radius 3 is 2.21 bits per heavy atom. The number of nitrogens with zero attached hydrogens (tertiary/aromatic N) is 1. The summed E-state index contributed by atoms with van der Waals surface area (Å²) in [6.07, 6.45) is 0. The molecule has 0 saturated heterocycles. The molecule has 1 N–H and O–H groups in total. The lowest BCUT2D eigenvalue weighted by Crippen LogP contribution is -2.48. The summed E-state index contributed by atoms with van der Waals surface area (Å²) in [7, 11) is 1.56. The number of amides is 2. The normalized spacial score (nSPS) is 11.6. The van der Waals surface area contributed by atoms with Gasteiger partial charge < -0.3 is 15.0 Å². The molecule has 1 atom stereocenters. The second kappa shape index (κ2) is 9.60. The van der Waals surface area contributed by atoms with Crippen molar-refractivity contribution >= 4 is 23.4 Å². The lowest BCUT2D eigenvalue weighted by Gasteiger charge is -2.28. The molecular formula is C22H27ClN2O3. The van der Waals surface area contributed by atoms with Gasteiger partial charge in [-0.3, -0.25) is 9.59 Å². The highest BCUT2D eigenvalue weighted by molar-refractivity contribution is 6.32. The molecule has 150 valence electrons. The lowest BCUT2D eigenvalue weighted by atomic mass is 10.1. The number of benzene rings is 2. The molecule has 0 radical (unpaired) electrons. The van der Waals surface area contributed by atoms with Crippen LogP contribution in [0.2, 0.25) is 5.02 Å². The van der Waals surface area contributed by atoms with Gasteiger partial charge in [0.25, 0.3) is 5.91 Å². The maximum absolute atomic E-state index is 12.9. The molecule has 0 aliphatic heterocycles. The minimum Gasteiger partial charge on any atom is -0.484 e. The fourth-order valence-electron chi connectivity index (χ4n) is 2.90. The molecule has 2 aromatic rings. The Balaban J connectivity index is 2.16. The Hall–Kier alpha value is -2.53. The van der Waals surface area contributed by atoms with Gasteiger partial charge in [-0.25, -0.2) is 0 Å². The van der Waals surface area contributed by atoms with Gasteiger partial charge in [-0.15, -0.1) is 0 Å². The second-order valence-corrected chi connectivity index (χ2v) is 7.34. The largest absolute Gasteiger partial charge is 0.484 e. The average molecular weight is 403 g/mol. The van der Waals surface area contributed by atoms with Crippen molar-refractivity contribution in [2.75, 3.05) is 13.7 Å². The molecule has 5 nitrogen and oxygen atoms in total. The molecule has 0 fully saturated rings. The van der Waals surface area contributed by atoms with Crippen molar-refractivity contribution in [3.05, 3.63) is 63.7 Å². The Morgan fingerprint density at radius 2 is 1.68 bits per heavy atom. The molecular weight excluding hydrogens is 376 g/mol. The number of hydrogen-bond acceptors (Lipinski definition) is 3. The molecule has 2 amide bonds. The zero-order valence-corrected chi connectivity index (χ0v) is 17.8. The number of halogens is 1. The highest BCUT2D eigenvalue weighted by Gasteiger charge is 2.25.